The smallest absolute Gasteiger partial charge is 0.270 e. The maximum absolute atomic E-state index is 12.3. The molecule has 1 fully saturated rings. The fraction of sp³-hybridized carbons (Fsp3) is 0.682. The van der Waals surface area contributed by atoms with Crippen molar-refractivity contribution in [2.24, 2.45) is 0 Å². The van der Waals surface area contributed by atoms with E-state index in [1.54, 1.807) is 6.07 Å². The highest BCUT2D eigenvalue weighted by molar-refractivity contribution is 5.94. The summed E-state index contributed by atoms with van der Waals surface area (Å²) in [4.78, 5) is 29.0. The van der Waals surface area contributed by atoms with Gasteiger partial charge in [-0.25, -0.2) is 4.98 Å². The van der Waals surface area contributed by atoms with Gasteiger partial charge < -0.3 is 16.0 Å². The van der Waals surface area contributed by atoms with E-state index >= 15 is 0 Å². The maximum atomic E-state index is 12.3. The lowest BCUT2D eigenvalue weighted by molar-refractivity contribution is -0.121. The first-order valence-electron chi connectivity index (χ1n) is 10.3. The predicted octanol–water partition coefficient (Wildman–Crippen LogP) is 2.92. The number of amides is 2. The molecule has 1 saturated carbocycles. The van der Waals surface area contributed by atoms with Crippen molar-refractivity contribution >= 4 is 11.8 Å². The minimum atomic E-state index is -0.320. The maximum Gasteiger partial charge on any atom is 0.270 e. The van der Waals surface area contributed by atoms with Crippen LogP contribution in [0, 0.1) is 0 Å². The quantitative estimate of drug-likeness (QED) is 0.724. The van der Waals surface area contributed by atoms with E-state index in [4.69, 9.17) is 0 Å². The average molecular weight is 389 g/mol. The van der Waals surface area contributed by atoms with Crippen LogP contribution in [0.4, 0.5) is 0 Å². The molecule has 2 amide bonds. The summed E-state index contributed by atoms with van der Waals surface area (Å²) in [6.45, 7) is 12.7. The molecule has 0 unspecified atom stereocenters. The van der Waals surface area contributed by atoms with E-state index in [2.05, 4.69) is 62.5 Å². The molecule has 1 aromatic rings. The van der Waals surface area contributed by atoms with Gasteiger partial charge in [-0.15, -0.1) is 0 Å². The molecule has 6 nitrogen and oxygen atoms in total. The molecule has 0 saturated heterocycles. The van der Waals surface area contributed by atoms with Crippen molar-refractivity contribution in [3.63, 3.8) is 0 Å². The number of carbonyl (C=O) groups excluding carboxylic acids is 2. The van der Waals surface area contributed by atoms with Crippen molar-refractivity contribution in [3.05, 3.63) is 29.6 Å². The highest BCUT2D eigenvalue weighted by Gasteiger charge is 2.25. The summed E-state index contributed by atoms with van der Waals surface area (Å²) < 4.78 is 0. The Kier molecular flexibility index (Phi) is 7.21. The van der Waals surface area contributed by atoms with Gasteiger partial charge in [-0.3, -0.25) is 9.59 Å². The Morgan fingerprint density at radius 2 is 1.61 bits per heavy atom. The number of nitrogens with zero attached hydrogens (tertiary/aromatic N) is 1. The predicted molar refractivity (Wildman–Crippen MR) is 112 cm³/mol. The molecule has 0 radical (unpaired) electrons. The van der Waals surface area contributed by atoms with Crippen LogP contribution in [-0.4, -0.2) is 41.0 Å². The van der Waals surface area contributed by atoms with E-state index in [0.29, 0.717) is 11.7 Å². The molecule has 0 atom stereocenters. The third-order valence-corrected chi connectivity index (χ3v) is 4.89. The Bertz CT molecular complexity index is 681. The number of nitrogens with one attached hydrogen (secondary N) is 3. The normalized spacial score (nSPS) is 20.5. The Morgan fingerprint density at radius 3 is 2.18 bits per heavy atom. The van der Waals surface area contributed by atoms with Crippen molar-refractivity contribution in [1.29, 1.82) is 0 Å². The van der Waals surface area contributed by atoms with Crippen LogP contribution in [-0.2, 0) is 10.2 Å². The van der Waals surface area contributed by atoms with E-state index in [0.717, 1.165) is 31.4 Å². The van der Waals surface area contributed by atoms with E-state index in [1.807, 2.05) is 12.1 Å². The monoisotopic (exact) mass is 388 g/mol. The minimum Gasteiger partial charge on any atom is -0.352 e. The van der Waals surface area contributed by atoms with E-state index < -0.39 is 0 Å². The van der Waals surface area contributed by atoms with Crippen LogP contribution < -0.4 is 16.0 Å². The molecule has 1 aliphatic carbocycles. The van der Waals surface area contributed by atoms with Gasteiger partial charge in [-0.1, -0.05) is 26.8 Å². The molecule has 6 heteroatoms. The molecule has 0 aliphatic heterocycles. The summed E-state index contributed by atoms with van der Waals surface area (Å²) in [5.41, 5.74) is 1.18. The van der Waals surface area contributed by atoms with Crippen molar-refractivity contribution in [2.45, 2.75) is 90.3 Å². The van der Waals surface area contributed by atoms with Gasteiger partial charge in [-0.05, 0) is 58.6 Å². The number of hydrogen-bond donors (Lipinski definition) is 3. The van der Waals surface area contributed by atoms with Crippen molar-refractivity contribution in [1.82, 2.24) is 20.9 Å². The Hall–Kier alpha value is -1.95. The topological polar surface area (TPSA) is 83.1 Å². The fourth-order valence-corrected chi connectivity index (χ4v) is 3.50. The van der Waals surface area contributed by atoms with Gasteiger partial charge in [-0.2, -0.15) is 0 Å². The van der Waals surface area contributed by atoms with Crippen LogP contribution in [0.1, 0.15) is 83.4 Å². The van der Waals surface area contributed by atoms with Crippen LogP contribution in [0.3, 0.4) is 0 Å². The number of aromatic nitrogens is 1. The summed E-state index contributed by atoms with van der Waals surface area (Å²) in [5.74, 6) is -0.466. The van der Waals surface area contributed by atoms with E-state index in [9.17, 15) is 9.59 Å². The first-order valence-corrected chi connectivity index (χ1v) is 10.3. The Balaban J connectivity index is 1.77. The Labute approximate surface area is 169 Å². The molecule has 0 spiro atoms. The lowest BCUT2D eigenvalue weighted by Gasteiger charge is -2.34. The van der Waals surface area contributed by atoms with Gasteiger partial charge in [0, 0.05) is 28.7 Å². The minimum absolute atomic E-state index is 0.0274. The second-order valence-corrected chi connectivity index (χ2v) is 9.85. The molecule has 156 valence electrons. The molecule has 1 aromatic heterocycles. The fourth-order valence-electron chi connectivity index (χ4n) is 3.50. The zero-order chi connectivity index (χ0) is 20.9. The molecule has 3 N–H and O–H groups in total. The molecule has 1 heterocycles. The van der Waals surface area contributed by atoms with Crippen LogP contribution in [0.5, 0.6) is 0 Å². The van der Waals surface area contributed by atoms with Gasteiger partial charge in [0.15, 0.2) is 0 Å². The molecule has 2 rings (SSSR count). The van der Waals surface area contributed by atoms with Crippen LogP contribution in [0.25, 0.3) is 0 Å². The second kappa shape index (κ2) is 9.03. The molecule has 28 heavy (non-hydrogen) atoms. The summed E-state index contributed by atoms with van der Waals surface area (Å²) in [6, 6.07) is 6.10. The third-order valence-electron chi connectivity index (χ3n) is 4.89. The van der Waals surface area contributed by atoms with Gasteiger partial charge in [0.25, 0.3) is 5.91 Å². The SMILES string of the molecule is CC(C)(C)N[C@H]1CC[C@H](NC(=O)CNC(=O)c2cccc(C(C)(C)C)n2)CC1. The summed E-state index contributed by atoms with van der Waals surface area (Å²) in [5, 5.41) is 9.35. The van der Waals surface area contributed by atoms with Gasteiger partial charge in [0.2, 0.25) is 5.91 Å². The van der Waals surface area contributed by atoms with Crippen molar-refractivity contribution in [2.75, 3.05) is 6.54 Å². The van der Waals surface area contributed by atoms with Crippen molar-refractivity contribution < 1.29 is 9.59 Å². The number of pyridine rings is 1. The van der Waals surface area contributed by atoms with Gasteiger partial charge >= 0.3 is 0 Å². The van der Waals surface area contributed by atoms with Crippen LogP contribution in [0.15, 0.2) is 18.2 Å². The largest absolute Gasteiger partial charge is 0.352 e. The van der Waals surface area contributed by atoms with Crippen LogP contribution >= 0.6 is 0 Å². The molecular formula is C22H36N4O2. The molecule has 0 bridgehead atoms. The summed E-state index contributed by atoms with van der Waals surface area (Å²) >= 11 is 0. The number of carbonyl (C=O) groups is 2. The van der Waals surface area contributed by atoms with Gasteiger partial charge in [0.1, 0.15) is 5.69 Å². The third kappa shape index (κ3) is 7.23. The molecule has 0 aromatic carbocycles. The van der Waals surface area contributed by atoms with Crippen molar-refractivity contribution in [3.8, 4) is 0 Å². The van der Waals surface area contributed by atoms with Crippen LogP contribution in [0.2, 0.25) is 0 Å². The zero-order valence-electron chi connectivity index (χ0n) is 18.2. The zero-order valence-corrected chi connectivity index (χ0v) is 18.2. The molecular weight excluding hydrogens is 352 g/mol. The lowest BCUT2D eigenvalue weighted by atomic mass is 9.89. The molecule has 1 aliphatic rings. The first kappa shape index (κ1) is 22.3. The highest BCUT2D eigenvalue weighted by Crippen LogP contribution is 2.21. The first-order chi connectivity index (χ1) is 12.9. The Morgan fingerprint density at radius 1 is 1.00 bits per heavy atom. The lowest BCUT2D eigenvalue weighted by Crippen LogP contribution is -2.49. The second-order valence-electron chi connectivity index (χ2n) is 9.85. The number of rotatable bonds is 5. The highest BCUT2D eigenvalue weighted by atomic mass is 16.2. The number of hydrogen-bond acceptors (Lipinski definition) is 4. The summed E-state index contributed by atoms with van der Waals surface area (Å²) in [6.07, 6.45) is 4.03. The summed E-state index contributed by atoms with van der Waals surface area (Å²) in [7, 11) is 0. The van der Waals surface area contributed by atoms with E-state index in [-0.39, 0.29) is 35.4 Å². The van der Waals surface area contributed by atoms with Gasteiger partial charge in [0.05, 0.1) is 6.54 Å². The standard InChI is InChI=1S/C22H36N4O2/c1-21(2,3)18-9-7-8-17(25-18)20(28)23-14-19(27)24-15-10-12-16(13-11-15)26-22(4,5)6/h7-9,15-16,26H,10-14H2,1-6H3,(H,23,28)(H,24,27)/t15-,16-. The van der Waals surface area contributed by atoms with E-state index in [1.165, 1.54) is 0 Å². The average Bonchev–Trinajstić information content (AvgIpc) is 2.59.